The van der Waals surface area contributed by atoms with Gasteiger partial charge in [-0.15, -0.1) is 6.58 Å². The average molecular weight is 274 g/mol. The van der Waals surface area contributed by atoms with Crippen molar-refractivity contribution < 1.29 is 14.3 Å². The van der Waals surface area contributed by atoms with Crippen molar-refractivity contribution in [2.24, 2.45) is 0 Å². The van der Waals surface area contributed by atoms with E-state index in [1.54, 1.807) is 30.3 Å². The number of carbonyl (C=O) groups excluding carboxylic acids is 2. The monoisotopic (exact) mass is 274 g/mol. The largest absolute Gasteiger partial charge is 0.368 e. The molecule has 0 bridgehead atoms. The van der Waals surface area contributed by atoms with E-state index < -0.39 is 0 Å². The van der Waals surface area contributed by atoms with Gasteiger partial charge in [0.2, 0.25) is 0 Å². The second-order valence-electron chi connectivity index (χ2n) is 4.57. The van der Waals surface area contributed by atoms with Crippen molar-refractivity contribution in [2.75, 3.05) is 18.5 Å². The van der Waals surface area contributed by atoms with Gasteiger partial charge in [-0.25, -0.2) is 0 Å². The maximum Gasteiger partial charge on any atom is 0.253 e. The molecule has 2 rings (SSSR count). The Morgan fingerprint density at radius 3 is 3.00 bits per heavy atom. The third-order valence-electron chi connectivity index (χ3n) is 3.02. The summed E-state index contributed by atoms with van der Waals surface area (Å²) in [5.74, 6) is -0.357. The summed E-state index contributed by atoms with van der Waals surface area (Å²) in [6.45, 7) is 4.58. The summed E-state index contributed by atoms with van der Waals surface area (Å²) in [6, 6.07) is 6.82. The average Bonchev–Trinajstić information content (AvgIpc) is 2.99. The van der Waals surface area contributed by atoms with Gasteiger partial charge in [0.05, 0.1) is 0 Å². The Labute approximate surface area is 118 Å². The van der Waals surface area contributed by atoms with Gasteiger partial charge < -0.3 is 15.4 Å². The zero-order valence-electron chi connectivity index (χ0n) is 11.2. The second-order valence-corrected chi connectivity index (χ2v) is 4.57. The van der Waals surface area contributed by atoms with E-state index >= 15 is 0 Å². The molecule has 5 heteroatoms. The standard InChI is InChI=1S/C15H18N2O3/c1-2-8-16-14(18)11-5-3-6-12(10-11)17-15(19)13-7-4-9-20-13/h2-3,5-6,10,13H,1,4,7-9H2,(H,16,18)(H,17,19). The van der Waals surface area contributed by atoms with E-state index in [-0.39, 0.29) is 17.9 Å². The van der Waals surface area contributed by atoms with Crippen molar-refractivity contribution in [3.63, 3.8) is 0 Å². The molecule has 0 saturated carbocycles. The van der Waals surface area contributed by atoms with Crippen LogP contribution in [0.25, 0.3) is 0 Å². The fourth-order valence-corrected chi connectivity index (χ4v) is 2.01. The zero-order chi connectivity index (χ0) is 14.4. The van der Waals surface area contributed by atoms with Crippen LogP contribution < -0.4 is 10.6 Å². The highest BCUT2D eigenvalue weighted by atomic mass is 16.5. The minimum absolute atomic E-state index is 0.161. The van der Waals surface area contributed by atoms with E-state index in [4.69, 9.17) is 4.74 Å². The summed E-state index contributed by atoms with van der Waals surface area (Å²) in [5.41, 5.74) is 1.09. The first-order valence-corrected chi connectivity index (χ1v) is 6.62. The van der Waals surface area contributed by atoms with Crippen LogP contribution in [-0.2, 0) is 9.53 Å². The van der Waals surface area contributed by atoms with Gasteiger partial charge in [-0.1, -0.05) is 12.1 Å². The van der Waals surface area contributed by atoms with E-state index in [1.165, 1.54) is 0 Å². The molecule has 1 heterocycles. The van der Waals surface area contributed by atoms with Crippen molar-refractivity contribution in [3.05, 3.63) is 42.5 Å². The predicted molar refractivity (Wildman–Crippen MR) is 76.6 cm³/mol. The fraction of sp³-hybridized carbons (Fsp3) is 0.333. The highest BCUT2D eigenvalue weighted by molar-refractivity contribution is 5.98. The minimum Gasteiger partial charge on any atom is -0.368 e. The first kappa shape index (κ1) is 14.3. The molecule has 1 aromatic rings. The van der Waals surface area contributed by atoms with Gasteiger partial charge in [-0.2, -0.15) is 0 Å². The maximum atomic E-state index is 11.9. The summed E-state index contributed by atoms with van der Waals surface area (Å²) >= 11 is 0. The van der Waals surface area contributed by atoms with Gasteiger partial charge >= 0.3 is 0 Å². The number of amides is 2. The van der Waals surface area contributed by atoms with E-state index in [0.29, 0.717) is 24.4 Å². The van der Waals surface area contributed by atoms with E-state index in [1.807, 2.05) is 0 Å². The molecule has 2 N–H and O–H groups in total. The molecular formula is C15H18N2O3. The highest BCUT2D eigenvalue weighted by Crippen LogP contribution is 2.16. The van der Waals surface area contributed by atoms with Gasteiger partial charge in [0.25, 0.3) is 11.8 Å². The summed E-state index contributed by atoms with van der Waals surface area (Å²) < 4.78 is 5.32. The number of anilines is 1. The van der Waals surface area contributed by atoms with Gasteiger partial charge in [0.1, 0.15) is 6.10 Å². The molecule has 0 aromatic heterocycles. The Bertz CT molecular complexity index is 508. The lowest BCUT2D eigenvalue weighted by Crippen LogP contribution is -2.27. The topological polar surface area (TPSA) is 67.4 Å². The van der Waals surface area contributed by atoms with Crippen LogP contribution in [0.15, 0.2) is 36.9 Å². The van der Waals surface area contributed by atoms with Crippen LogP contribution >= 0.6 is 0 Å². The molecule has 1 atom stereocenters. The van der Waals surface area contributed by atoms with Gasteiger partial charge in [0.15, 0.2) is 0 Å². The quantitative estimate of drug-likeness (QED) is 0.803. The third-order valence-corrected chi connectivity index (χ3v) is 3.02. The van der Waals surface area contributed by atoms with Crippen LogP contribution in [0.2, 0.25) is 0 Å². The van der Waals surface area contributed by atoms with Crippen molar-refractivity contribution in [2.45, 2.75) is 18.9 Å². The Kier molecular flexibility index (Phi) is 4.90. The summed E-state index contributed by atoms with van der Waals surface area (Å²) in [4.78, 5) is 23.7. The predicted octanol–water partition coefficient (Wildman–Crippen LogP) is 1.72. The molecule has 1 unspecified atom stereocenters. The lowest BCUT2D eigenvalue weighted by Gasteiger charge is -2.11. The lowest BCUT2D eigenvalue weighted by molar-refractivity contribution is -0.124. The third kappa shape index (κ3) is 3.68. The summed E-state index contributed by atoms with van der Waals surface area (Å²) in [5, 5.41) is 5.46. The van der Waals surface area contributed by atoms with Crippen LogP contribution in [-0.4, -0.2) is 31.1 Å². The van der Waals surface area contributed by atoms with Crippen LogP contribution in [0, 0.1) is 0 Å². The van der Waals surface area contributed by atoms with Gasteiger partial charge in [-0.3, -0.25) is 9.59 Å². The van der Waals surface area contributed by atoms with Gasteiger partial charge in [0, 0.05) is 24.4 Å². The van der Waals surface area contributed by atoms with Crippen molar-refractivity contribution >= 4 is 17.5 Å². The minimum atomic E-state index is -0.381. The van der Waals surface area contributed by atoms with Crippen LogP contribution in [0.3, 0.4) is 0 Å². The Morgan fingerprint density at radius 1 is 1.45 bits per heavy atom. The van der Waals surface area contributed by atoms with E-state index in [0.717, 1.165) is 12.8 Å². The molecule has 1 saturated heterocycles. The molecule has 1 fully saturated rings. The van der Waals surface area contributed by atoms with Crippen molar-refractivity contribution in [1.82, 2.24) is 5.32 Å². The Balaban J connectivity index is 1.99. The van der Waals surface area contributed by atoms with E-state index in [9.17, 15) is 9.59 Å². The number of hydrogen-bond donors (Lipinski definition) is 2. The van der Waals surface area contributed by atoms with Crippen LogP contribution in [0.4, 0.5) is 5.69 Å². The molecule has 106 valence electrons. The lowest BCUT2D eigenvalue weighted by atomic mass is 10.1. The molecule has 20 heavy (non-hydrogen) atoms. The molecule has 1 aliphatic rings. The molecule has 5 nitrogen and oxygen atoms in total. The second kappa shape index (κ2) is 6.86. The van der Waals surface area contributed by atoms with E-state index in [2.05, 4.69) is 17.2 Å². The zero-order valence-corrected chi connectivity index (χ0v) is 11.2. The molecule has 0 spiro atoms. The molecule has 0 radical (unpaired) electrons. The van der Waals surface area contributed by atoms with Crippen LogP contribution in [0.1, 0.15) is 23.2 Å². The highest BCUT2D eigenvalue weighted by Gasteiger charge is 2.23. The van der Waals surface area contributed by atoms with Crippen molar-refractivity contribution in [1.29, 1.82) is 0 Å². The number of carbonyl (C=O) groups is 2. The maximum absolute atomic E-state index is 11.9. The van der Waals surface area contributed by atoms with Gasteiger partial charge in [-0.05, 0) is 31.0 Å². The first-order chi connectivity index (χ1) is 9.70. The molecule has 2 amide bonds. The number of ether oxygens (including phenoxy) is 1. The SMILES string of the molecule is C=CCNC(=O)c1cccc(NC(=O)C2CCCO2)c1. The smallest absolute Gasteiger partial charge is 0.253 e. The number of hydrogen-bond acceptors (Lipinski definition) is 3. The van der Waals surface area contributed by atoms with Crippen LogP contribution in [0.5, 0.6) is 0 Å². The summed E-state index contributed by atoms with van der Waals surface area (Å²) in [7, 11) is 0. The number of nitrogens with one attached hydrogen (secondary N) is 2. The normalized spacial score (nSPS) is 17.5. The molecular weight excluding hydrogens is 256 g/mol. The number of rotatable bonds is 5. The Morgan fingerprint density at radius 2 is 2.30 bits per heavy atom. The van der Waals surface area contributed by atoms with Crippen molar-refractivity contribution in [3.8, 4) is 0 Å². The molecule has 0 aliphatic carbocycles. The Hall–Kier alpha value is -2.14. The molecule has 1 aromatic carbocycles. The fourth-order valence-electron chi connectivity index (χ4n) is 2.01. The summed E-state index contributed by atoms with van der Waals surface area (Å²) in [6.07, 6.45) is 2.88. The number of benzene rings is 1. The molecule has 1 aliphatic heterocycles. The first-order valence-electron chi connectivity index (χ1n) is 6.62.